The summed E-state index contributed by atoms with van der Waals surface area (Å²) in [5.41, 5.74) is 1.39. The number of likely N-dealkylation sites (tertiary alicyclic amines) is 1. The van der Waals surface area contributed by atoms with Crippen LogP contribution in [0.2, 0.25) is 0 Å². The summed E-state index contributed by atoms with van der Waals surface area (Å²) in [6.45, 7) is 4.85. The highest BCUT2D eigenvalue weighted by molar-refractivity contribution is 5.20. The maximum Gasteiger partial charge on any atom is 0.0473 e. The predicted molar refractivity (Wildman–Crippen MR) is 68.5 cm³/mol. The van der Waals surface area contributed by atoms with Gasteiger partial charge in [-0.25, -0.2) is 0 Å². The van der Waals surface area contributed by atoms with E-state index in [9.17, 15) is 0 Å². The van der Waals surface area contributed by atoms with Crippen LogP contribution < -0.4 is 5.32 Å². The normalized spacial score (nSPS) is 20.9. The fourth-order valence-electron chi connectivity index (χ4n) is 2.71. The minimum absolute atomic E-state index is 0.444. The second kappa shape index (κ2) is 5.46. The molecule has 0 unspecified atom stereocenters. The molecule has 0 amide bonds. The molecule has 0 saturated carbocycles. The number of likely N-dealkylation sites (N-methyl/N-ethyl adjacent to an activating group) is 1. The molecule has 1 aliphatic heterocycles. The van der Waals surface area contributed by atoms with Gasteiger partial charge < -0.3 is 5.32 Å². The molecule has 2 heteroatoms. The summed E-state index contributed by atoms with van der Waals surface area (Å²) in [4.78, 5) is 2.59. The van der Waals surface area contributed by atoms with Crippen LogP contribution in [0.4, 0.5) is 0 Å². The lowest BCUT2D eigenvalue weighted by Gasteiger charge is -2.31. The molecule has 1 fully saturated rings. The third-order valence-electron chi connectivity index (χ3n) is 3.67. The Hall–Kier alpha value is -0.860. The van der Waals surface area contributed by atoms with E-state index < -0.39 is 0 Å². The molecular weight excluding hydrogens is 196 g/mol. The topological polar surface area (TPSA) is 15.3 Å². The lowest BCUT2D eigenvalue weighted by molar-refractivity contribution is 0.212. The van der Waals surface area contributed by atoms with E-state index in [0.717, 1.165) is 0 Å². The summed E-state index contributed by atoms with van der Waals surface area (Å²) in [6, 6.07) is 11.8. The second-order valence-electron chi connectivity index (χ2n) is 4.66. The van der Waals surface area contributed by atoms with Gasteiger partial charge in [0, 0.05) is 12.1 Å². The van der Waals surface area contributed by atoms with Gasteiger partial charge in [-0.3, -0.25) is 4.90 Å². The van der Waals surface area contributed by atoms with Gasteiger partial charge in [0.2, 0.25) is 0 Å². The van der Waals surface area contributed by atoms with E-state index in [-0.39, 0.29) is 0 Å². The predicted octanol–water partition coefficient (Wildman–Crippen LogP) is 2.43. The van der Waals surface area contributed by atoms with Gasteiger partial charge >= 0.3 is 0 Å². The highest BCUT2D eigenvalue weighted by Gasteiger charge is 2.25. The van der Waals surface area contributed by atoms with E-state index in [1.807, 2.05) is 0 Å². The zero-order valence-electron chi connectivity index (χ0n) is 10.3. The van der Waals surface area contributed by atoms with Crippen LogP contribution in [-0.2, 0) is 0 Å². The lowest BCUT2D eigenvalue weighted by atomic mass is 10.00. The van der Waals surface area contributed by atoms with Crippen molar-refractivity contribution < 1.29 is 0 Å². The van der Waals surface area contributed by atoms with E-state index >= 15 is 0 Å². The molecule has 2 atom stereocenters. The molecule has 0 aliphatic carbocycles. The van der Waals surface area contributed by atoms with Gasteiger partial charge in [0.15, 0.2) is 0 Å². The Kier molecular flexibility index (Phi) is 3.97. The van der Waals surface area contributed by atoms with Gasteiger partial charge in [0.25, 0.3) is 0 Å². The Labute approximate surface area is 98.7 Å². The molecule has 2 rings (SSSR count). The molecule has 0 spiro atoms. The van der Waals surface area contributed by atoms with Crippen LogP contribution in [0, 0.1) is 0 Å². The number of nitrogens with zero attached hydrogens (tertiary/aromatic N) is 1. The maximum atomic E-state index is 3.45. The van der Waals surface area contributed by atoms with Crippen molar-refractivity contribution in [3.8, 4) is 0 Å². The third kappa shape index (κ3) is 2.45. The van der Waals surface area contributed by atoms with E-state index in [0.29, 0.717) is 12.1 Å². The van der Waals surface area contributed by atoms with Crippen LogP contribution in [0.1, 0.15) is 31.4 Å². The summed E-state index contributed by atoms with van der Waals surface area (Å²) in [5, 5.41) is 3.45. The fourth-order valence-corrected chi connectivity index (χ4v) is 2.71. The summed E-state index contributed by atoms with van der Waals surface area (Å²) >= 11 is 0. The van der Waals surface area contributed by atoms with Crippen molar-refractivity contribution in [1.82, 2.24) is 10.2 Å². The van der Waals surface area contributed by atoms with E-state index in [1.165, 1.54) is 31.5 Å². The fraction of sp³-hybridized carbons (Fsp3) is 0.571. The SMILES string of the molecule is CN[C@@H](c1ccccc1)[C@H](C)N1CCCC1. The average Bonchev–Trinajstić information content (AvgIpc) is 2.85. The van der Waals surface area contributed by atoms with Crippen LogP contribution in [0.3, 0.4) is 0 Å². The van der Waals surface area contributed by atoms with E-state index in [1.54, 1.807) is 0 Å². The van der Waals surface area contributed by atoms with Gasteiger partial charge in [-0.15, -0.1) is 0 Å². The largest absolute Gasteiger partial charge is 0.312 e. The Bertz CT molecular complexity index is 304. The Morgan fingerprint density at radius 2 is 1.75 bits per heavy atom. The van der Waals surface area contributed by atoms with Crippen molar-refractivity contribution in [3.63, 3.8) is 0 Å². The molecule has 0 aromatic heterocycles. The van der Waals surface area contributed by atoms with Crippen LogP contribution >= 0.6 is 0 Å². The molecule has 88 valence electrons. The van der Waals surface area contributed by atoms with Crippen molar-refractivity contribution in [2.75, 3.05) is 20.1 Å². The standard InChI is InChI=1S/C14H22N2/c1-12(16-10-6-7-11-16)14(15-2)13-8-4-3-5-9-13/h3-5,8-9,12,14-15H,6-7,10-11H2,1-2H3/t12-,14+/m0/s1. The molecule has 2 nitrogen and oxygen atoms in total. The van der Waals surface area contributed by atoms with Crippen molar-refractivity contribution in [1.29, 1.82) is 0 Å². The van der Waals surface area contributed by atoms with Crippen molar-refractivity contribution in [2.24, 2.45) is 0 Å². The Morgan fingerprint density at radius 1 is 1.12 bits per heavy atom. The summed E-state index contributed by atoms with van der Waals surface area (Å²) < 4.78 is 0. The van der Waals surface area contributed by atoms with E-state index in [2.05, 4.69) is 54.5 Å². The first-order valence-electron chi connectivity index (χ1n) is 6.29. The first kappa shape index (κ1) is 11.6. The van der Waals surface area contributed by atoms with Crippen molar-refractivity contribution >= 4 is 0 Å². The van der Waals surface area contributed by atoms with Crippen LogP contribution in [0.25, 0.3) is 0 Å². The van der Waals surface area contributed by atoms with Gasteiger partial charge in [0.05, 0.1) is 0 Å². The van der Waals surface area contributed by atoms with Gasteiger partial charge in [0.1, 0.15) is 0 Å². The second-order valence-corrected chi connectivity index (χ2v) is 4.66. The molecule has 1 aromatic carbocycles. The lowest BCUT2D eigenvalue weighted by Crippen LogP contribution is -2.40. The first-order chi connectivity index (χ1) is 7.83. The summed E-state index contributed by atoms with van der Waals surface area (Å²) in [5.74, 6) is 0. The number of benzene rings is 1. The molecular formula is C14H22N2. The minimum atomic E-state index is 0.444. The van der Waals surface area contributed by atoms with Gasteiger partial charge in [-0.05, 0) is 45.5 Å². The smallest absolute Gasteiger partial charge is 0.0473 e. The summed E-state index contributed by atoms with van der Waals surface area (Å²) in [6.07, 6.45) is 2.71. The van der Waals surface area contributed by atoms with Crippen LogP contribution in [0.5, 0.6) is 0 Å². The van der Waals surface area contributed by atoms with Crippen LogP contribution in [-0.4, -0.2) is 31.1 Å². The number of hydrogen-bond donors (Lipinski definition) is 1. The molecule has 1 heterocycles. The summed E-state index contributed by atoms with van der Waals surface area (Å²) in [7, 11) is 2.06. The highest BCUT2D eigenvalue weighted by atomic mass is 15.2. The first-order valence-corrected chi connectivity index (χ1v) is 6.29. The molecule has 0 radical (unpaired) electrons. The molecule has 0 bridgehead atoms. The molecule has 1 N–H and O–H groups in total. The molecule has 16 heavy (non-hydrogen) atoms. The quantitative estimate of drug-likeness (QED) is 0.835. The number of rotatable bonds is 4. The Morgan fingerprint density at radius 3 is 2.31 bits per heavy atom. The molecule has 1 aliphatic rings. The van der Waals surface area contributed by atoms with Crippen molar-refractivity contribution in [3.05, 3.63) is 35.9 Å². The average molecular weight is 218 g/mol. The number of hydrogen-bond acceptors (Lipinski definition) is 2. The molecule has 1 saturated heterocycles. The Balaban J connectivity index is 2.09. The highest BCUT2D eigenvalue weighted by Crippen LogP contribution is 2.23. The maximum absolute atomic E-state index is 3.45. The van der Waals surface area contributed by atoms with Gasteiger partial charge in [-0.2, -0.15) is 0 Å². The zero-order chi connectivity index (χ0) is 11.4. The number of nitrogens with one attached hydrogen (secondary N) is 1. The van der Waals surface area contributed by atoms with Gasteiger partial charge in [-0.1, -0.05) is 30.3 Å². The zero-order valence-corrected chi connectivity index (χ0v) is 10.3. The monoisotopic (exact) mass is 218 g/mol. The van der Waals surface area contributed by atoms with E-state index in [4.69, 9.17) is 0 Å². The molecule has 1 aromatic rings. The van der Waals surface area contributed by atoms with Crippen LogP contribution in [0.15, 0.2) is 30.3 Å². The minimum Gasteiger partial charge on any atom is -0.312 e. The third-order valence-corrected chi connectivity index (χ3v) is 3.67. The van der Waals surface area contributed by atoms with Crippen molar-refractivity contribution in [2.45, 2.75) is 31.8 Å².